The number of amides is 2. The van der Waals surface area contributed by atoms with E-state index in [-0.39, 0.29) is 24.3 Å². The summed E-state index contributed by atoms with van der Waals surface area (Å²) < 4.78 is 33.5. The number of hydrogen-bond acceptors (Lipinski definition) is 5. The van der Waals surface area contributed by atoms with Crippen LogP contribution in [0.2, 0.25) is 5.02 Å². The normalized spacial score (nSPS) is 12.6. The first kappa shape index (κ1) is 26.2. The number of benzene rings is 3. The second-order valence-electron chi connectivity index (χ2n) is 8.91. The molecule has 0 bridgehead atoms. The third-order valence-electron chi connectivity index (χ3n) is 6.38. The molecule has 2 amide bonds. The minimum absolute atomic E-state index is 0.00300. The quantitative estimate of drug-likeness (QED) is 0.336. The number of anilines is 2. The molecule has 2 N–H and O–H groups in total. The molecule has 39 heavy (non-hydrogen) atoms. The summed E-state index contributed by atoms with van der Waals surface area (Å²) in [6.45, 7) is 0.701. The average Bonchev–Trinajstić information content (AvgIpc) is 2.95. The number of halogens is 3. The van der Waals surface area contributed by atoms with Crippen molar-refractivity contribution in [1.82, 2.24) is 14.5 Å². The standard InChI is InChI=1S/C28H24ClF2N5O3/c1-39-21-9-2-17(3-10-21)15-32-27-34-25-12-13-35(28(38)33-19-6-11-23(30)24(31)14-19)16-22(25)26(37)36(27)20-7-4-18(29)5-8-20/h2-11,14H,12-13,15-16H2,1H3,(H,32,34)(H,33,38). The Morgan fingerprint density at radius 1 is 1.05 bits per heavy atom. The highest BCUT2D eigenvalue weighted by atomic mass is 35.5. The Morgan fingerprint density at radius 2 is 1.79 bits per heavy atom. The van der Waals surface area contributed by atoms with Crippen LogP contribution in [0, 0.1) is 11.6 Å². The van der Waals surface area contributed by atoms with E-state index in [1.54, 1.807) is 31.4 Å². The smallest absolute Gasteiger partial charge is 0.322 e. The minimum Gasteiger partial charge on any atom is -0.497 e. The highest BCUT2D eigenvalue weighted by molar-refractivity contribution is 6.30. The van der Waals surface area contributed by atoms with Gasteiger partial charge in [0.15, 0.2) is 11.6 Å². The fourth-order valence-electron chi connectivity index (χ4n) is 4.30. The van der Waals surface area contributed by atoms with E-state index in [2.05, 4.69) is 10.6 Å². The molecule has 0 saturated carbocycles. The lowest BCUT2D eigenvalue weighted by Gasteiger charge is -2.29. The average molecular weight is 552 g/mol. The Kier molecular flexibility index (Phi) is 7.47. The van der Waals surface area contributed by atoms with Gasteiger partial charge in [0.25, 0.3) is 5.56 Å². The second kappa shape index (κ2) is 11.1. The van der Waals surface area contributed by atoms with E-state index >= 15 is 0 Å². The van der Waals surface area contributed by atoms with Crippen LogP contribution < -0.4 is 20.9 Å². The molecule has 0 radical (unpaired) electrons. The number of ether oxygens (including phenoxy) is 1. The van der Waals surface area contributed by atoms with Gasteiger partial charge < -0.3 is 20.3 Å². The lowest BCUT2D eigenvalue weighted by Crippen LogP contribution is -2.43. The van der Waals surface area contributed by atoms with Gasteiger partial charge in [-0.2, -0.15) is 0 Å². The van der Waals surface area contributed by atoms with Crippen LogP contribution in [0.3, 0.4) is 0 Å². The maximum Gasteiger partial charge on any atom is 0.322 e. The molecule has 0 unspecified atom stereocenters. The van der Waals surface area contributed by atoms with E-state index in [0.29, 0.717) is 40.9 Å². The molecule has 1 aliphatic heterocycles. The van der Waals surface area contributed by atoms with E-state index in [0.717, 1.165) is 23.4 Å². The van der Waals surface area contributed by atoms with Crippen molar-refractivity contribution < 1.29 is 18.3 Å². The SMILES string of the molecule is COc1ccc(CNc2nc3c(c(=O)n2-c2ccc(Cl)cc2)CN(C(=O)Nc2ccc(F)c(F)c2)CC3)cc1. The van der Waals surface area contributed by atoms with E-state index in [1.165, 1.54) is 15.5 Å². The zero-order valence-electron chi connectivity index (χ0n) is 20.9. The van der Waals surface area contributed by atoms with Crippen LogP contribution in [0.1, 0.15) is 16.8 Å². The van der Waals surface area contributed by atoms with Gasteiger partial charge in [-0.15, -0.1) is 0 Å². The summed E-state index contributed by atoms with van der Waals surface area (Å²) in [5.41, 5.74) is 2.25. The number of rotatable bonds is 6. The van der Waals surface area contributed by atoms with Gasteiger partial charge in [0, 0.05) is 36.3 Å². The van der Waals surface area contributed by atoms with Crippen LogP contribution in [0.4, 0.5) is 25.2 Å². The van der Waals surface area contributed by atoms with Crippen molar-refractivity contribution >= 4 is 29.3 Å². The van der Waals surface area contributed by atoms with Crippen LogP contribution in [0.5, 0.6) is 5.75 Å². The molecule has 1 aromatic heterocycles. The number of carbonyl (C=O) groups is 1. The van der Waals surface area contributed by atoms with Gasteiger partial charge >= 0.3 is 6.03 Å². The first-order valence-electron chi connectivity index (χ1n) is 12.1. The van der Waals surface area contributed by atoms with Crippen LogP contribution in [0.15, 0.2) is 71.5 Å². The maximum absolute atomic E-state index is 13.8. The van der Waals surface area contributed by atoms with Crippen LogP contribution in [-0.2, 0) is 19.5 Å². The predicted molar refractivity (Wildman–Crippen MR) is 145 cm³/mol. The van der Waals surface area contributed by atoms with Crippen molar-refractivity contribution in [3.63, 3.8) is 0 Å². The summed E-state index contributed by atoms with van der Waals surface area (Å²) in [5.74, 6) is -0.981. The van der Waals surface area contributed by atoms with Gasteiger partial charge in [0.1, 0.15) is 5.75 Å². The summed E-state index contributed by atoms with van der Waals surface area (Å²) in [7, 11) is 1.60. The molecule has 1 aliphatic rings. The zero-order chi connectivity index (χ0) is 27.5. The highest BCUT2D eigenvalue weighted by Gasteiger charge is 2.27. The third kappa shape index (κ3) is 5.70. The Bertz CT molecular complexity index is 1580. The van der Waals surface area contributed by atoms with Gasteiger partial charge in [-0.05, 0) is 54.1 Å². The van der Waals surface area contributed by atoms with Crippen molar-refractivity contribution in [2.75, 3.05) is 24.3 Å². The molecular weight excluding hydrogens is 528 g/mol. The zero-order valence-corrected chi connectivity index (χ0v) is 21.6. The number of nitrogens with one attached hydrogen (secondary N) is 2. The van der Waals surface area contributed by atoms with Crippen LogP contribution >= 0.6 is 11.6 Å². The van der Waals surface area contributed by atoms with Gasteiger partial charge in [0.05, 0.1) is 30.6 Å². The molecule has 0 saturated heterocycles. The Hall–Kier alpha value is -4.44. The summed E-state index contributed by atoms with van der Waals surface area (Å²) in [6.07, 6.45) is 0.342. The number of aromatic nitrogens is 2. The van der Waals surface area contributed by atoms with Gasteiger partial charge in [-0.1, -0.05) is 23.7 Å². The third-order valence-corrected chi connectivity index (χ3v) is 6.63. The molecule has 2 heterocycles. The molecule has 0 aliphatic carbocycles. The van der Waals surface area contributed by atoms with Crippen molar-refractivity contribution in [1.29, 1.82) is 0 Å². The van der Waals surface area contributed by atoms with Crippen molar-refractivity contribution in [3.05, 3.63) is 111 Å². The number of nitrogens with zero attached hydrogens (tertiary/aromatic N) is 3. The fraction of sp³-hybridized carbons (Fsp3) is 0.179. The molecule has 0 fully saturated rings. The van der Waals surface area contributed by atoms with Crippen molar-refractivity contribution in [2.45, 2.75) is 19.5 Å². The Morgan fingerprint density at radius 3 is 2.49 bits per heavy atom. The van der Waals surface area contributed by atoms with Crippen LogP contribution in [0.25, 0.3) is 5.69 Å². The van der Waals surface area contributed by atoms with Gasteiger partial charge in [-0.3, -0.25) is 4.79 Å². The lowest BCUT2D eigenvalue weighted by molar-refractivity contribution is 0.205. The van der Waals surface area contributed by atoms with E-state index in [9.17, 15) is 18.4 Å². The Balaban J connectivity index is 1.44. The fourth-order valence-corrected chi connectivity index (χ4v) is 4.42. The molecule has 8 nitrogen and oxygen atoms in total. The van der Waals surface area contributed by atoms with E-state index < -0.39 is 17.7 Å². The highest BCUT2D eigenvalue weighted by Crippen LogP contribution is 2.22. The Labute approximate surface area is 227 Å². The van der Waals surface area contributed by atoms with Gasteiger partial charge in [0.2, 0.25) is 5.95 Å². The summed E-state index contributed by atoms with van der Waals surface area (Å²) in [6, 6.07) is 16.9. The maximum atomic E-state index is 13.8. The summed E-state index contributed by atoms with van der Waals surface area (Å²) in [5, 5.41) is 6.34. The molecule has 200 valence electrons. The molecule has 0 atom stereocenters. The number of carbonyl (C=O) groups excluding carboxylic acids is 1. The molecular formula is C28H24ClF2N5O3. The lowest BCUT2D eigenvalue weighted by atomic mass is 10.1. The summed E-state index contributed by atoms with van der Waals surface area (Å²) >= 11 is 6.07. The first-order valence-corrected chi connectivity index (χ1v) is 12.5. The molecule has 0 spiro atoms. The van der Waals surface area contributed by atoms with Crippen molar-refractivity contribution in [2.24, 2.45) is 0 Å². The molecule has 4 aromatic rings. The molecule has 11 heteroatoms. The first-order chi connectivity index (χ1) is 18.8. The topological polar surface area (TPSA) is 88.5 Å². The van der Waals surface area contributed by atoms with Crippen LogP contribution in [-0.4, -0.2) is 34.1 Å². The molecule has 3 aromatic carbocycles. The molecule has 5 rings (SSSR count). The number of methoxy groups -OCH3 is 1. The number of fused-ring (bicyclic) bond motifs is 1. The summed E-state index contributed by atoms with van der Waals surface area (Å²) in [4.78, 5) is 32.9. The predicted octanol–water partition coefficient (Wildman–Crippen LogP) is 5.38. The monoisotopic (exact) mass is 551 g/mol. The van der Waals surface area contributed by atoms with E-state index in [1.807, 2.05) is 24.3 Å². The second-order valence-corrected chi connectivity index (χ2v) is 9.35. The largest absolute Gasteiger partial charge is 0.497 e. The number of hydrogen-bond donors (Lipinski definition) is 2. The van der Waals surface area contributed by atoms with Gasteiger partial charge in [-0.25, -0.2) is 23.1 Å². The minimum atomic E-state index is -1.07. The van der Waals surface area contributed by atoms with Crippen molar-refractivity contribution in [3.8, 4) is 11.4 Å². The van der Waals surface area contributed by atoms with E-state index in [4.69, 9.17) is 21.3 Å². The number of urea groups is 1.